The molecule has 7 aromatic rings. The van der Waals surface area contributed by atoms with Crippen LogP contribution in [0.5, 0.6) is 0 Å². The summed E-state index contributed by atoms with van der Waals surface area (Å²) in [6.45, 7) is 0. The van der Waals surface area contributed by atoms with Crippen molar-refractivity contribution in [2.24, 2.45) is 0 Å². The van der Waals surface area contributed by atoms with Gasteiger partial charge in [0.1, 0.15) is 11.2 Å². The van der Waals surface area contributed by atoms with E-state index in [9.17, 15) is 0 Å². The maximum Gasteiger partial charge on any atom is 0.143 e. The van der Waals surface area contributed by atoms with Gasteiger partial charge in [-0.25, -0.2) is 0 Å². The highest BCUT2D eigenvalue weighted by Crippen LogP contribution is 2.43. The first-order chi connectivity index (χ1) is 18.8. The minimum atomic E-state index is 0.916. The fourth-order valence-corrected chi connectivity index (χ4v) is 6.01. The van der Waals surface area contributed by atoms with Crippen molar-refractivity contribution in [1.82, 2.24) is 0 Å². The van der Waals surface area contributed by atoms with E-state index in [2.05, 4.69) is 133 Å². The SMILES string of the molecule is c1ccc(-c2ccc3oc4c(-c5ccc6c(c5)Cc5ccccc5-6)cc(-c5ccccc5)cc4c3c2)cc1. The van der Waals surface area contributed by atoms with E-state index >= 15 is 0 Å². The molecule has 0 atom stereocenters. The van der Waals surface area contributed by atoms with Crippen molar-refractivity contribution in [2.75, 3.05) is 0 Å². The minimum Gasteiger partial charge on any atom is -0.455 e. The number of benzene rings is 6. The predicted molar refractivity (Wildman–Crippen MR) is 158 cm³/mol. The summed E-state index contributed by atoms with van der Waals surface area (Å²) in [6, 6.07) is 48.0. The third-order valence-corrected chi connectivity index (χ3v) is 7.89. The van der Waals surface area contributed by atoms with Crippen LogP contribution in [0.3, 0.4) is 0 Å². The van der Waals surface area contributed by atoms with Crippen LogP contribution in [-0.4, -0.2) is 0 Å². The standard InChI is InChI=1S/C37H24O/c1-3-9-24(10-4-1)26-16-18-36-34(21-26)35-23-29(25-11-5-2-6-12-25)22-33(37(35)38-36)28-15-17-32-30(20-28)19-27-13-7-8-14-31(27)32/h1-18,20-23H,19H2. The lowest BCUT2D eigenvalue weighted by Crippen LogP contribution is -1.86. The van der Waals surface area contributed by atoms with E-state index in [1.807, 2.05) is 0 Å². The van der Waals surface area contributed by atoms with Crippen LogP contribution >= 0.6 is 0 Å². The Morgan fingerprint density at radius 2 is 1.05 bits per heavy atom. The molecule has 1 aromatic heterocycles. The van der Waals surface area contributed by atoms with Gasteiger partial charge in [0, 0.05) is 16.3 Å². The Balaban J connectivity index is 1.37. The average Bonchev–Trinajstić information content (AvgIpc) is 3.55. The molecule has 38 heavy (non-hydrogen) atoms. The molecule has 0 N–H and O–H groups in total. The molecule has 1 aliphatic rings. The van der Waals surface area contributed by atoms with E-state index in [1.165, 1.54) is 50.1 Å². The Bertz CT molecular complexity index is 1980. The van der Waals surface area contributed by atoms with E-state index in [1.54, 1.807) is 0 Å². The van der Waals surface area contributed by atoms with Crippen LogP contribution in [0.25, 0.3) is 66.4 Å². The Morgan fingerprint density at radius 1 is 0.395 bits per heavy atom. The van der Waals surface area contributed by atoms with Gasteiger partial charge in [0.25, 0.3) is 0 Å². The Kier molecular flexibility index (Phi) is 4.65. The lowest BCUT2D eigenvalue weighted by Gasteiger charge is -2.10. The summed E-state index contributed by atoms with van der Waals surface area (Å²) in [4.78, 5) is 0. The number of hydrogen-bond acceptors (Lipinski definition) is 1. The van der Waals surface area contributed by atoms with Crippen LogP contribution in [-0.2, 0) is 6.42 Å². The number of rotatable bonds is 3. The second-order valence-electron chi connectivity index (χ2n) is 10.2. The summed E-state index contributed by atoms with van der Waals surface area (Å²) in [5.74, 6) is 0. The molecular formula is C37H24O. The summed E-state index contributed by atoms with van der Waals surface area (Å²) in [7, 11) is 0. The molecule has 6 aromatic carbocycles. The highest BCUT2D eigenvalue weighted by Gasteiger charge is 2.21. The van der Waals surface area contributed by atoms with Crippen LogP contribution in [0.1, 0.15) is 11.1 Å². The molecule has 1 heterocycles. The van der Waals surface area contributed by atoms with Crippen molar-refractivity contribution < 1.29 is 4.42 Å². The van der Waals surface area contributed by atoms with Gasteiger partial charge in [-0.1, -0.05) is 109 Å². The Morgan fingerprint density at radius 3 is 1.87 bits per heavy atom. The average molecular weight is 485 g/mol. The molecule has 8 rings (SSSR count). The van der Waals surface area contributed by atoms with Crippen LogP contribution in [0.2, 0.25) is 0 Å². The first-order valence-electron chi connectivity index (χ1n) is 13.1. The normalized spacial score (nSPS) is 12.1. The molecule has 0 fully saturated rings. The highest BCUT2D eigenvalue weighted by atomic mass is 16.3. The quantitative estimate of drug-likeness (QED) is 0.243. The molecule has 1 aliphatic carbocycles. The summed E-state index contributed by atoms with van der Waals surface area (Å²) < 4.78 is 6.60. The van der Waals surface area contributed by atoms with Crippen molar-refractivity contribution >= 4 is 21.9 Å². The summed E-state index contributed by atoms with van der Waals surface area (Å²) >= 11 is 0. The summed E-state index contributed by atoms with van der Waals surface area (Å²) in [5, 5.41) is 2.30. The zero-order valence-corrected chi connectivity index (χ0v) is 20.8. The van der Waals surface area contributed by atoms with Crippen molar-refractivity contribution in [3.63, 3.8) is 0 Å². The number of fused-ring (bicyclic) bond motifs is 6. The molecule has 0 bridgehead atoms. The lowest BCUT2D eigenvalue weighted by atomic mass is 9.93. The van der Waals surface area contributed by atoms with Crippen molar-refractivity contribution in [3.8, 4) is 44.5 Å². The van der Waals surface area contributed by atoms with Crippen LogP contribution < -0.4 is 0 Å². The van der Waals surface area contributed by atoms with Gasteiger partial charge in [-0.3, -0.25) is 0 Å². The number of hydrogen-bond donors (Lipinski definition) is 0. The van der Waals surface area contributed by atoms with Crippen molar-refractivity contribution in [3.05, 3.63) is 145 Å². The fourth-order valence-electron chi connectivity index (χ4n) is 6.01. The predicted octanol–water partition coefficient (Wildman–Crippen LogP) is 10.2. The fraction of sp³-hybridized carbons (Fsp3) is 0.0270. The second kappa shape index (κ2) is 8.33. The van der Waals surface area contributed by atoms with Crippen LogP contribution in [0, 0.1) is 0 Å². The molecule has 0 unspecified atom stereocenters. The van der Waals surface area contributed by atoms with Crippen molar-refractivity contribution in [1.29, 1.82) is 0 Å². The van der Waals surface area contributed by atoms with Crippen LogP contribution in [0.4, 0.5) is 0 Å². The molecule has 0 aliphatic heterocycles. The minimum absolute atomic E-state index is 0.916. The lowest BCUT2D eigenvalue weighted by molar-refractivity contribution is 0.670. The monoisotopic (exact) mass is 484 g/mol. The van der Waals surface area contributed by atoms with Gasteiger partial charge in [-0.15, -0.1) is 0 Å². The Hall–Kier alpha value is -4.88. The van der Waals surface area contributed by atoms with E-state index < -0.39 is 0 Å². The maximum atomic E-state index is 6.60. The molecule has 0 saturated heterocycles. The zero-order chi connectivity index (χ0) is 25.1. The first kappa shape index (κ1) is 21.2. The van der Waals surface area contributed by atoms with Gasteiger partial charge < -0.3 is 4.42 Å². The third kappa shape index (κ3) is 3.33. The molecule has 1 nitrogen and oxygen atoms in total. The van der Waals surface area contributed by atoms with Gasteiger partial charge in [0.05, 0.1) is 0 Å². The first-order valence-corrected chi connectivity index (χ1v) is 13.1. The Labute approximate surface area is 221 Å². The molecule has 1 heteroatoms. The van der Waals surface area contributed by atoms with E-state index in [4.69, 9.17) is 4.42 Å². The van der Waals surface area contributed by atoms with Gasteiger partial charge in [-0.2, -0.15) is 0 Å². The smallest absolute Gasteiger partial charge is 0.143 e. The van der Waals surface area contributed by atoms with Crippen LogP contribution in [0.15, 0.2) is 138 Å². The molecule has 178 valence electrons. The molecule has 0 amide bonds. The van der Waals surface area contributed by atoms with Gasteiger partial charge in [0.2, 0.25) is 0 Å². The molecular weight excluding hydrogens is 460 g/mol. The van der Waals surface area contributed by atoms with Gasteiger partial charge >= 0.3 is 0 Å². The summed E-state index contributed by atoms with van der Waals surface area (Å²) in [6.07, 6.45) is 0.974. The maximum absolute atomic E-state index is 6.60. The topological polar surface area (TPSA) is 13.1 Å². The van der Waals surface area contributed by atoms with Gasteiger partial charge in [-0.05, 0) is 80.8 Å². The molecule has 0 saturated carbocycles. The number of furan rings is 1. The van der Waals surface area contributed by atoms with E-state index in [0.29, 0.717) is 0 Å². The van der Waals surface area contributed by atoms with E-state index in [0.717, 1.165) is 33.9 Å². The third-order valence-electron chi connectivity index (χ3n) is 7.89. The second-order valence-corrected chi connectivity index (χ2v) is 10.2. The molecule has 0 spiro atoms. The van der Waals surface area contributed by atoms with Gasteiger partial charge in [0.15, 0.2) is 0 Å². The highest BCUT2D eigenvalue weighted by molar-refractivity contribution is 6.12. The molecule has 0 radical (unpaired) electrons. The zero-order valence-electron chi connectivity index (χ0n) is 20.8. The summed E-state index contributed by atoms with van der Waals surface area (Å²) in [5.41, 5.74) is 14.5. The van der Waals surface area contributed by atoms with E-state index in [-0.39, 0.29) is 0 Å². The largest absolute Gasteiger partial charge is 0.455 e. The van der Waals surface area contributed by atoms with Crippen molar-refractivity contribution in [2.45, 2.75) is 6.42 Å².